The van der Waals surface area contributed by atoms with Crippen molar-refractivity contribution < 1.29 is 19.5 Å². The highest BCUT2D eigenvalue weighted by molar-refractivity contribution is 9.09. The van der Waals surface area contributed by atoms with Crippen molar-refractivity contribution in [2.45, 2.75) is 39.9 Å². The van der Waals surface area contributed by atoms with Crippen molar-refractivity contribution in [1.29, 1.82) is 0 Å². The maximum absolute atomic E-state index is 14.5. The molecule has 3 aromatic carbocycles. The van der Waals surface area contributed by atoms with Gasteiger partial charge in [0.15, 0.2) is 0 Å². The molecular formula is C31H29BrClN3O4S. The monoisotopic (exact) mass is 653 g/mol. The topological polar surface area (TPSA) is 98.7 Å². The van der Waals surface area contributed by atoms with Gasteiger partial charge in [-0.15, -0.1) is 11.8 Å². The molecule has 3 saturated heterocycles. The Balaban J connectivity index is 1.38. The lowest BCUT2D eigenvalue weighted by atomic mass is 9.70. The van der Waals surface area contributed by atoms with E-state index in [2.05, 4.69) is 26.6 Å². The molecule has 0 radical (unpaired) electrons. The van der Waals surface area contributed by atoms with E-state index in [0.29, 0.717) is 23.7 Å². The number of halogens is 2. The molecule has 3 N–H and O–H groups in total. The average molecular weight is 655 g/mol. The molecule has 7 atom stereocenters. The van der Waals surface area contributed by atoms with Gasteiger partial charge in [0.2, 0.25) is 17.7 Å². The maximum atomic E-state index is 14.5. The number of carbonyl (C=O) groups is 3. The van der Waals surface area contributed by atoms with Crippen molar-refractivity contribution in [1.82, 2.24) is 10.2 Å². The Morgan fingerprint density at radius 2 is 1.68 bits per heavy atom. The lowest BCUT2D eigenvalue weighted by Gasteiger charge is -2.37. The lowest BCUT2D eigenvalue weighted by Crippen LogP contribution is -2.53. The molecule has 3 amide bonds. The van der Waals surface area contributed by atoms with Gasteiger partial charge in [-0.3, -0.25) is 14.4 Å². The Morgan fingerprint density at radius 1 is 1.02 bits per heavy atom. The SMILES string of the molecule is O=C(Nc1ccc(Cl)cc1)C1N([C@H](CO)c2ccccc2)C(=O)[C@@H]2[C@H](C(=O)NCc3ccccc3)[C@H]3SC12CC3Br. The van der Waals surface area contributed by atoms with Crippen molar-refractivity contribution in [3.05, 3.63) is 101 Å². The minimum absolute atomic E-state index is 0.0564. The summed E-state index contributed by atoms with van der Waals surface area (Å²) in [5.41, 5.74) is 2.24. The third-order valence-electron chi connectivity index (χ3n) is 8.39. The van der Waals surface area contributed by atoms with Gasteiger partial charge in [-0.1, -0.05) is 88.2 Å². The van der Waals surface area contributed by atoms with Gasteiger partial charge in [-0.05, 0) is 41.8 Å². The summed E-state index contributed by atoms with van der Waals surface area (Å²) in [7, 11) is 0. The molecule has 3 aromatic rings. The number of anilines is 1. The molecule has 10 heteroatoms. The number of hydrogen-bond donors (Lipinski definition) is 3. The molecule has 0 aliphatic carbocycles. The van der Waals surface area contributed by atoms with Gasteiger partial charge in [-0.25, -0.2) is 0 Å². The number of thioether (sulfide) groups is 1. The van der Waals surface area contributed by atoms with Crippen molar-refractivity contribution in [3.63, 3.8) is 0 Å². The molecule has 212 valence electrons. The molecule has 3 aliphatic heterocycles. The normalized spacial score (nSPS) is 28.8. The number of rotatable bonds is 8. The molecule has 3 heterocycles. The highest BCUT2D eigenvalue weighted by atomic mass is 79.9. The average Bonchev–Trinajstić information content (AvgIpc) is 3.58. The number of benzene rings is 3. The number of hydrogen-bond acceptors (Lipinski definition) is 5. The Kier molecular flexibility index (Phi) is 7.89. The van der Waals surface area contributed by atoms with E-state index in [0.717, 1.165) is 11.1 Å². The number of aliphatic hydroxyl groups is 1. The van der Waals surface area contributed by atoms with Crippen LogP contribution in [-0.2, 0) is 20.9 Å². The van der Waals surface area contributed by atoms with Crippen molar-refractivity contribution >= 4 is 62.7 Å². The Labute approximate surface area is 256 Å². The van der Waals surface area contributed by atoms with Crippen LogP contribution in [0.1, 0.15) is 23.6 Å². The quantitative estimate of drug-likeness (QED) is 0.304. The van der Waals surface area contributed by atoms with E-state index in [1.807, 2.05) is 60.7 Å². The second-order valence-corrected chi connectivity index (χ2v) is 13.9. The third-order valence-corrected chi connectivity index (χ3v) is 11.9. The molecule has 6 rings (SSSR count). The van der Waals surface area contributed by atoms with Crippen molar-refractivity contribution in [3.8, 4) is 0 Å². The minimum Gasteiger partial charge on any atom is -0.394 e. The van der Waals surface area contributed by atoms with Crippen LogP contribution in [0.5, 0.6) is 0 Å². The molecule has 41 heavy (non-hydrogen) atoms. The summed E-state index contributed by atoms with van der Waals surface area (Å²) in [6.45, 7) is -0.0120. The molecular weight excluding hydrogens is 626 g/mol. The summed E-state index contributed by atoms with van der Waals surface area (Å²) >= 11 is 11.4. The van der Waals surface area contributed by atoms with Crippen LogP contribution in [0.3, 0.4) is 0 Å². The highest BCUT2D eigenvalue weighted by Gasteiger charge is 2.76. The van der Waals surface area contributed by atoms with Crippen LogP contribution >= 0.6 is 39.3 Å². The highest BCUT2D eigenvalue weighted by Crippen LogP contribution is 2.68. The van der Waals surface area contributed by atoms with Gasteiger partial charge in [-0.2, -0.15) is 0 Å². The van der Waals surface area contributed by atoms with Crippen LogP contribution in [-0.4, -0.2) is 55.2 Å². The number of amides is 3. The molecule has 0 saturated carbocycles. The largest absolute Gasteiger partial charge is 0.394 e. The molecule has 3 fully saturated rings. The second kappa shape index (κ2) is 11.4. The van der Waals surface area contributed by atoms with Gasteiger partial charge in [0.05, 0.1) is 29.2 Å². The summed E-state index contributed by atoms with van der Waals surface area (Å²) in [5, 5.41) is 17.0. The summed E-state index contributed by atoms with van der Waals surface area (Å²) in [6.07, 6.45) is 0.545. The first-order chi connectivity index (χ1) is 19.8. The molecule has 2 bridgehead atoms. The van der Waals surface area contributed by atoms with Gasteiger partial charge < -0.3 is 20.6 Å². The van der Waals surface area contributed by atoms with E-state index in [1.165, 1.54) is 4.90 Å². The summed E-state index contributed by atoms with van der Waals surface area (Å²) in [6, 6.07) is 24.0. The fourth-order valence-corrected chi connectivity index (χ4v) is 10.4. The second-order valence-electron chi connectivity index (χ2n) is 10.7. The first-order valence-corrected chi connectivity index (χ1v) is 15.7. The fraction of sp³-hybridized carbons (Fsp3) is 0.323. The third kappa shape index (κ3) is 4.96. The minimum atomic E-state index is -0.907. The zero-order valence-electron chi connectivity index (χ0n) is 22.0. The fourth-order valence-electron chi connectivity index (χ4n) is 6.68. The van der Waals surface area contributed by atoms with E-state index >= 15 is 0 Å². The summed E-state index contributed by atoms with van der Waals surface area (Å²) < 4.78 is -0.844. The zero-order chi connectivity index (χ0) is 28.7. The van der Waals surface area contributed by atoms with E-state index < -0.39 is 28.7 Å². The van der Waals surface area contributed by atoms with Gasteiger partial charge in [0, 0.05) is 27.3 Å². The van der Waals surface area contributed by atoms with Crippen LogP contribution in [0.15, 0.2) is 84.9 Å². The summed E-state index contributed by atoms with van der Waals surface area (Å²) in [4.78, 5) is 43.9. The first kappa shape index (κ1) is 28.3. The number of likely N-dealkylation sites (tertiary alicyclic amines) is 1. The molecule has 7 nitrogen and oxygen atoms in total. The zero-order valence-corrected chi connectivity index (χ0v) is 25.1. The summed E-state index contributed by atoms with van der Waals surface area (Å²) in [5.74, 6) is -2.16. The maximum Gasteiger partial charge on any atom is 0.248 e. The van der Waals surface area contributed by atoms with Crippen molar-refractivity contribution in [2.75, 3.05) is 11.9 Å². The Bertz CT molecular complexity index is 1450. The standard InChI is InChI=1S/C31H29BrClN3O4S/c32-22-15-31-25(24(26(22)41-31)28(38)34-16-18-7-3-1-4-8-18)30(40)36(23(17-37)19-9-5-2-6-10-19)27(31)29(39)35-21-13-11-20(33)12-14-21/h1-14,22-27,37H,15-17H2,(H,34,38)(H,35,39)/t22?,23-,24+,25+,26+,27?,31?/m1/s1. The number of nitrogens with zero attached hydrogens (tertiary/aromatic N) is 1. The molecule has 3 aliphatic rings. The Morgan fingerprint density at radius 3 is 2.34 bits per heavy atom. The van der Waals surface area contributed by atoms with Crippen LogP contribution in [0.25, 0.3) is 0 Å². The van der Waals surface area contributed by atoms with E-state index in [9.17, 15) is 19.5 Å². The van der Waals surface area contributed by atoms with Gasteiger partial charge >= 0.3 is 0 Å². The van der Waals surface area contributed by atoms with Crippen LogP contribution < -0.4 is 10.6 Å². The molecule has 1 spiro atoms. The Hall–Kier alpha value is -2.85. The number of fused-ring (bicyclic) bond motifs is 1. The lowest BCUT2D eigenvalue weighted by molar-refractivity contribution is -0.142. The van der Waals surface area contributed by atoms with Crippen LogP contribution in [0.2, 0.25) is 5.02 Å². The van der Waals surface area contributed by atoms with E-state index in [4.69, 9.17) is 11.6 Å². The van der Waals surface area contributed by atoms with Crippen LogP contribution in [0.4, 0.5) is 5.69 Å². The molecule has 3 unspecified atom stereocenters. The predicted molar refractivity (Wildman–Crippen MR) is 164 cm³/mol. The van der Waals surface area contributed by atoms with E-state index in [1.54, 1.807) is 36.0 Å². The smallest absolute Gasteiger partial charge is 0.248 e. The number of alkyl halides is 1. The van der Waals surface area contributed by atoms with Gasteiger partial charge in [0.25, 0.3) is 0 Å². The number of nitrogens with one attached hydrogen (secondary N) is 2. The first-order valence-electron chi connectivity index (χ1n) is 13.5. The molecule has 0 aromatic heterocycles. The van der Waals surface area contributed by atoms with Crippen molar-refractivity contribution in [2.24, 2.45) is 11.8 Å². The predicted octanol–water partition coefficient (Wildman–Crippen LogP) is 4.79. The number of aliphatic hydroxyl groups excluding tert-OH is 1. The number of carbonyl (C=O) groups excluding carboxylic acids is 3. The van der Waals surface area contributed by atoms with Crippen LogP contribution in [0, 0.1) is 11.8 Å². The van der Waals surface area contributed by atoms with E-state index in [-0.39, 0.29) is 34.4 Å². The van der Waals surface area contributed by atoms with Gasteiger partial charge in [0.1, 0.15) is 6.04 Å².